The van der Waals surface area contributed by atoms with Gasteiger partial charge in [-0.1, -0.05) is 17.3 Å². The maximum absolute atomic E-state index is 12.7. The molecule has 0 saturated heterocycles. The number of furan rings is 1. The van der Waals surface area contributed by atoms with Crippen molar-refractivity contribution >= 4 is 5.91 Å². The zero-order valence-corrected chi connectivity index (χ0v) is 13.8. The van der Waals surface area contributed by atoms with Crippen molar-refractivity contribution in [1.29, 1.82) is 0 Å². The van der Waals surface area contributed by atoms with Gasteiger partial charge in [0, 0.05) is 12.6 Å². The van der Waals surface area contributed by atoms with Crippen LogP contribution in [0.5, 0.6) is 5.75 Å². The number of hydrogen-bond donors (Lipinski definition) is 1. The smallest absolute Gasteiger partial charge is 0.232 e. The normalized spacial score (nSPS) is 14.9. The summed E-state index contributed by atoms with van der Waals surface area (Å²) >= 11 is 0. The van der Waals surface area contributed by atoms with Crippen LogP contribution in [0.1, 0.15) is 24.1 Å². The highest BCUT2D eigenvalue weighted by Gasteiger charge is 2.53. The Morgan fingerprint density at radius 2 is 2.12 bits per heavy atom. The highest BCUT2D eigenvalue weighted by atomic mass is 16.5. The number of benzene rings is 1. The van der Waals surface area contributed by atoms with Crippen LogP contribution < -0.4 is 10.1 Å². The molecule has 0 spiro atoms. The standard InChI is InChI=1S/C19H18N2O4/c1-23-14-5-2-4-13(10-14)12-20-18(22)19(7-8-19)17-11-16(25-21-17)15-6-3-9-24-15/h2-6,9-11H,7-8,12H2,1H3,(H,20,22). The molecular formula is C19H18N2O4. The molecule has 6 nitrogen and oxygen atoms in total. The fourth-order valence-corrected chi connectivity index (χ4v) is 2.89. The van der Waals surface area contributed by atoms with Crippen molar-refractivity contribution in [3.63, 3.8) is 0 Å². The van der Waals surface area contributed by atoms with Gasteiger partial charge < -0.3 is 19.0 Å². The molecule has 0 bridgehead atoms. The number of nitrogens with zero attached hydrogens (tertiary/aromatic N) is 1. The van der Waals surface area contributed by atoms with E-state index in [9.17, 15) is 4.79 Å². The van der Waals surface area contributed by atoms with Crippen molar-refractivity contribution in [2.45, 2.75) is 24.8 Å². The summed E-state index contributed by atoms with van der Waals surface area (Å²) in [6.45, 7) is 0.445. The lowest BCUT2D eigenvalue weighted by atomic mass is 10.0. The van der Waals surface area contributed by atoms with Crippen molar-refractivity contribution in [3.05, 3.63) is 60.0 Å². The van der Waals surface area contributed by atoms with Gasteiger partial charge in [-0.3, -0.25) is 4.79 Å². The van der Waals surface area contributed by atoms with Crippen LogP contribution in [-0.4, -0.2) is 18.2 Å². The van der Waals surface area contributed by atoms with Gasteiger partial charge in [0.2, 0.25) is 11.7 Å². The number of rotatable bonds is 6. The molecule has 6 heteroatoms. The largest absolute Gasteiger partial charge is 0.497 e. The van der Waals surface area contributed by atoms with Crippen LogP contribution in [0.25, 0.3) is 11.5 Å². The Morgan fingerprint density at radius 3 is 2.84 bits per heavy atom. The van der Waals surface area contributed by atoms with Crippen LogP contribution in [0.15, 0.2) is 57.7 Å². The molecule has 1 N–H and O–H groups in total. The molecule has 0 aliphatic heterocycles. The van der Waals surface area contributed by atoms with Gasteiger partial charge >= 0.3 is 0 Å². The molecule has 1 fully saturated rings. The predicted octanol–water partition coefficient (Wildman–Crippen LogP) is 3.29. The maximum Gasteiger partial charge on any atom is 0.232 e. The zero-order chi connectivity index (χ0) is 17.3. The molecule has 1 saturated carbocycles. The molecule has 3 aromatic rings. The van der Waals surface area contributed by atoms with Crippen molar-refractivity contribution < 1.29 is 18.5 Å². The van der Waals surface area contributed by atoms with E-state index >= 15 is 0 Å². The van der Waals surface area contributed by atoms with Crippen LogP contribution in [0.4, 0.5) is 0 Å². The van der Waals surface area contributed by atoms with E-state index in [1.54, 1.807) is 31.6 Å². The second kappa shape index (κ2) is 6.12. The van der Waals surface area contributed by atoms with Gasteiger partial charge in [0.1, 0.15) is 5.75 Å². The molecular weight excluding hydrogens is 320 g/mol. The summed E-state index contributed by atoms with van der Waals surface area (Å²) in [6, 6.07) is 13.0. The average Bonchev–Trinajstić information content (AvgIpc) is 3.06. The third kappa shape index (κ3) is 2.91. The van der Waals surface area contributed by atoms with Gasteiger partial charge in [-0.25, -0.2) is 0 Å². The molecule has 128 valence electrons. The number of methoxy groups -OCH3 is 1. The Hall–Kier alpha value is -3.02. The Labute approximate surface area is 144 Å². The van der Waals surface area contributed by atoms with E-state index in [1.807, 2.05) is 24.3 Å². The monoisotopic (exact) mass is 338 g/mol. The van der Waals surface area contributed by atoms with Gasteiger partial charge in [0.05, 0.1) is 24.5 Å². The maximum atomic E-state index is 12.7. The lowest BCUT2D eigenvalue weighted by molar-refractivity contribution is -0.123. The number of amides is 1. The lowest BCUT2D eigenvalue weighted by Gasteiger charge is -2.12. The first-order valence-electron chi connectivity index (χ1n) is 8.13. The summed E-state index contributed by atoms with van der Waals surface area (Å²) in [5.41, 5.74) is 1.05. The average molecular weight is 338 g/mol. The van der Waals surface area contributed by atoms with Gasteiger partial charge in [0.15, 0.2) is 5.76 Å². The topological polar surface area (TPSA) is 77.5 Å². The third-order valence-corrected chi connectivity index (χ3v) is 4.54. The van der Waals surface area contributed by atoms with E-state index in [4.69, 9.17) is 13.7 Å². The molecule has 2 aromatic heterocycles. The first kappa shape index (κ1) is 15.5. The highest BCUT2D eigenvalue weighted by molar-refractivity contribution is 5.90. The molecule has 1 amide bonds. The zero-order valence-electron chi connectivity index (χ0n) is 13.8. The van der Waals surface area contributed by atoms with E-state index < -0.39 is 5.41 Å². The molecule has 0 unspecified atom stereocenters. The summed E-state index contributed by atoms with van der Waals surface area (Å²) in [5.74, 6) is 1.88. The molecule has 0 atom stereocenters. The predicted molar refractivity (Wildman–Crippen MR) is 90.0 cm³/mol. The molecule has 4 rings (SSSR count). The molecule has 2 heterocycles. The summed E-state index contributed by atoms with van der Waals surface area (Å²) in [7, 11) is 1.62. The SMILES string of the molecule is COc1cccc(CNC(=O)C2(c3cc(-c4ccco4)on3)CC2)c1. The summed E-state index contributed by atoms with van der Waals surface area (Å²) in [5, 5.41) is 7.09. The number of carbonyl (C=O) groups is 1. The van der Waals surface area contributed by atoms with Gasteiger partial charge in [-0.15, -0.1) is 0 Å². The second-order valence-electron chi connectivity index (χ2n) is 6.17. The summed E-state index contributed by atoms with van der Waals surface area (Å²) in [4.78, 5) is 12.7. The first-order chi connectivity index (χ1) is 12.2. The minimum absolute atomic E-state index is 0.0328. The Morgan fingerprint density at radius 1 is 1.24 bits per heavy atom. The summed E-state index contributed by atoms with van der Waals surface area (Å²) < 4.78 is 15.9. The van der Waals surface area contributed by atoms with E-state index in [0.29, 0.717) is 23.8 Å². The number of aromatic nitrogens is 1. The highest BCUT2D eigenvalue weighted by Crippen LogP contribution is 2.48. The van der Waals surface area contributed by atoms with E-state index in [-0.39, 0.29) is 5.91 Å². The lowest BCUT2D eigenvalue weighted by Crippen LogP contribution is -2.34. The Kier molecular flexibility index (Phi) is 3.80. The fraction of sp³-hybridized carbons (Fsp3) is 0.263. The number of hydrogen-bond acceptors (Lipinski definition) is 5. The Balaban J connectivity index is 1.46. The van der Waals surface area contributed by atoms with E-state index in [2.05, 4.69) is 10.5 Å². The number of nitrogens with one attached hydrogen (secondary N) is 1. The van der Waals surface area contributed by atoms with Crippen LogP contribution in [0.3, 0.4) is 0 Å². The molecule has 1 aromatic carbocycles. The molecule has 0 radical (unpaired) electrons. The molecule has 1 aliphatic carbocycles. The van der Waals surface area contributed by atoms with E-state index in [0.717, 1.165) is 24.2 Å². The Bertz CT molecular complexity index is 878. The fourth-order valence-electron chi connectivity index (χ4n) is 2.89. The third-order valence-electron chi connectivity index (χ3n) is 4.54. The van der Waals surface area contributed by atoms with Gasteiger partial charge in [-0.2, -0.15) is 0 Å². The van der Waals surface area contributed by atoms with Gasteiger partial charge in [0.25, 0.3) is 0 Å². The van der Waals surface area contributed by atoms with Crippen molar-refractivity contribution in [1.82, 2.24) is 10.5 Å². The minimum atomic E-state index is -0.590. The van der Waals surface area contributed by atoms with Crippen molar-refractivity contribution in [2.24, 2.45) is 0 Å². The van der Waals surface area contributed by atoms with Crippen molar-refractivity contribution in [2.75, 3.05) is 7.11 Å². The minimum Gasteiger partial charge on any atom is -0.497 e. The van der Waals surface area contributed by atoms with E-state index in [1.165, 1.54) is 0 Å². The number of carbonyl (C=O) groups excluding carboxylic acids is 1. The van der Waals surface area contributed by atoms with Crippen LogP contribution in [0.2, 0.25) is 0 Å². The molecule has 25 heavy (non-hydrogen) atoms. The van der Waals surface area contributed by atoms with Crippen LogP contribution in [-0.2, 0) is 16.8 Å². The van der Waals surface area contributed by atoms with Gasteiger partial charge in [-0.05, 0) is 42.7 Å². The first-order valence-corrected chi connectivity index (χ1v) is 8.13. The number of ether oxygens (including phenoxy) is 1. The molecule has 1 aliphatic rings. The summed E-state index contributed by atoms with van der Waals surface area (Å²) in [6.07, 6.45) is 3.10. The van der Waals surface area contributed by atoms with Crippen LogP contribution >= 0.6 is 0 Å². The van der Waals surface area contributed by atoms with Crippen molar-refractivity contribution in [3.8, 4) is 17.3 Å². The van der Waals surface area contributed by atoms with Crippen LogP contribution in [0, 0.1) is 0 Å². The second-order valence-corrected chi connectivity index (χ2v) is 6.17. The quantitative estimate of drug-likeness (QED) is 0.746.